The summed E-state index contributed by atoms with van der Waals surface area (Å²) in [6.07, 6.45) is 0.919. The molecule has 4 unspecified atom stereocenters. The third-order valence-corrected chi connectivity index (χ3v) is 5.98. The smallest absolute Gasteiger partial charge is 0.412 e. The lowest BCUT2D eigenvalue weighted by Crippen LogP contribution is -2.42. The average molecular weight is 425 g/mol. The lowest BCUT2D eigenvalue weighted by atomic mass is 10.0. The molecule has 4 rings (SSSR count). The van der Waals surface area contributed by atoms with Crippen LogP contribution in [-0.4, -0.2) is 50.2 Å². The summed E-state index contributed by atoms with van der Waals surface area (Å²) in [7, 11) is 0. The number of hydrogen-bond acceptors (Lipinski definition) is 5. The summed E-state index contributed by atoms with van der Waals surface area (Å²) >= 11 is 0. The first-order valence-electron chi connectivity index (χ1n) is 11.2. The highest BCUT2D eigenvalue weighted by molar-refractivity contribution is 5.84. The molecule has 2 aliphatic heterocycles. The van der Waals surface area contributed by atoms with Crippen molar-refractivity contribution < 1.29 is 19.0 Å². The van der Waals surface area contributed by atoms with E-state index in [4.69, 9.17) is 14.2 Å². The van der Waals surface area contributed by atoms with E-state index in [9.17, 15) is 4.79 Å². The Labute approximate surface area is 184 Å². The van der Waals surface area contributed by atoms with Gasteiger partial charge in [-0.25, -0.2) is 4.79 Å². The van der Waals surface area contributed by atoms with E-state index in [-0.39, 0.29) is 18.2 Å². The maximum atomic E-state index is 12.3. The Kier molecular flexibility index (Phi) is 7.22. The minimum atomic E-state index is -0.477. The Balaban J connectivity index is 1.20. The SMILES string of the molecule is CC(C)c1ccc(NC(=O)OC2COC3C(NCCCc4ccccc4)COC23)cc1. The van der Waals surface area contributed by atoms with E-state index in [0.29, 0.717) is 19.1 Å². The molecular formula is C25H32N2O4. The third-order valence-electron chi connectivity index (χ3n) is 5.98. The van der Waals surface area contributed by atoms with Gasteiger partial charge in [0.25, 0.3) is 0 Å². The van der Waals surface area contributed by atoms with Gasteiger partial charge in [-0.2, -0.15) is 0 Å². The molecule has 1 amide bonds. The molecule has 6 heteroatoms. The van der Waals surface area contributed by atoms with Crippen molar-refractivity contribution in [3.8, 4) is 0 Å². The van der Waals surface area contributed by atoms with Gasteiger partial charge in [0.15, 0.2) is 6.10 Å². The molecule has 2 saturated heterocycles. The second kappa shape index (κ2) is 10.3. The van der Waals surface area contributed by atoms with Crippen LogP contribution >= 0.6 is 0 Å². The van der Waals surface area contributed by atoms with Crippen molar-refractivity contribution in [3.05, 3.63) is 65.7 Å². The zero-order valence-electron chi connectivity index (χ0n) is 18.3. The number of benzene rings is 2. The van der Waals surface area contributed by atoms with Crippen LogP contribution in [0.5, 0.6) is 0 Å². The second-order valence-corrected chi connectivity index (χ2v) is 8.59. The van der Waals surface area contributed by atoms with Crippen molar-refractivity contribution in [1.29, 1.82) is 0 Å². The molecule has 2 aliphatic rings. The van der Waals surface area contributed by atoms with Gasteiger partial charge >= 0.3 is 6.09 Å². The number of anilines is 1. The third kappa shape index (κ3) is 5.64. The largest absolute Gasteiger partial charge is 0.441 e. The fourth-order valence-electron chi connectivity index (χ4n) is 4.20. The standard InChI is InChI=1S/C25H32N2O4/c1-17(2)19-10-12-20(13-11-19)27-25(28)31-22-16-30-23-21(15-29-24(22)23)26-14-6-9-18-7-4-3-5-8-18/h3-5,7-8,10-13,17,21-24,26H,6,9,14-16H2,1-2H3,(H,27,28). The fourth-order valence-corrected chi connectivity index (χ4v) is 4.20. The van der Waals surface area contributed by atoms with Gasteiger partial charge in [-0.05, 0) is 48.6 Å². The van der Waals surface area contributed by atoms with Gasteiger partial charge in [-0.3, -0.25) is 5.32 Å². The quantitative estimate of drug-likeness (QED) is 0.624. The van der Waals surface area contributed by atoms with Crippen LogP contribution in [0.1, 0.15) is 37.3 Å². The van der Waals surface area contributed by atoms with E-state index < -0.39 is 12.2 Å². The average Bonchev–Trinajstić information content (AvgIpc) is 3.35. The molecule has 4 atom stereocenters. The number of rotatable bonds is 8. The van der Waals surface area contributed by atoms with Crippen LogP contribution in [0.2, 0.25) is 0 Å². The van der Waals surface area contributed by atoms with Gasteiger partial charge in [0.1, 0.15) is 12.2 Å². The van der Waals surface area contributed by atoms with Gasteiger partial charge < -0.3 is 19.5 Å². The summed E-state index contributed by atoms with van der Waals surface area (Å²) in [5.41, 5.74) is 3.29. The molecule has 2 fully saturated rings. The normalized spacial score (nSPS) is 24.9. The number of hydrogen-bond donors (Lipinski definition) is 2. The summed E-state index contributed by atoms with van der Waals surface area (Å²) in [6.45, 7) is 6.10. The van der Waals surface area contributed by atoms with Crippen LogP contribution in [0.25, 0.3) is 0 Å². The molecule has 0 spiro atoms. The van der Waals surface area contributed by atoms with E-state index >= 15 is 0 Å². The molecule has 2 aromatic rings. The second-order valence-electron chi connectivity index (χ2n) is 8.59. The van der Waals surface area contributed by atoms with Crippen LogP contribution in [0.3, 0.4) is 0 Å². The van der Waals surface area contributed by atoms with E-state index in [1.54, 1.807) is 0 Å². The molecule has 166 valence electrons. The molecule has 0 saturated carbocycles. The molecular weight excluding hydrogens is 392 g/mol. The summed E-state index contributed by atoms with van der Waals surface area (Å²) in [6, 6.07) is 18.4. The molecule has 6 nitrogen and oxygen atoms in total. The Morgan fingerprint density at radius 1 is 1.03 bits per heavy atom. The first-order valence-corrected chi connectivity index (χ1v) is 11.2. The first-order chi connectivity index (χ1) is 15.1. The highest BCUT2D eigenvalue weighted by Gasteiger charge is 2.49. The Bertz CT molecular complexity index is 840. The van der Waals surface area contributed by atoms with Gasteiger partial charge in [-0.15, -0.1) is 0 Å². The minimum Gasteiger partial charge on any atom is -0.441 e. The van der Waals surface area contributed by atoms with E-state index in [0.717, 1.165) is 25.1 Å². The highest BCUT2D eigenvalue weighted by Crippen LogP contribution is 2.29. The van der Waals surface area contributed by atoms with Gasteiger partial charge in [0.05, 0.1) is 19.3 Å². The van der Waals surface area contributed by atoms with Gasteiger partial charge in [-0.1, -0.05) is 56.3 Å². The number of fused-ring (bicyclic) bond motifs is 1. The molecule has 2 N–H and O–H groups in total. The Morgan fingerprint density at radius 2 is 1.77 bits per heavy atom. The highest BCUT2D eigenvalue weighted by atomic mass is 16.6. The topological polar surface area (TPSA) is 68.8 Å². The zero-order valence-corrected chi connectivity index (χ0v) is 18.3. The molecule has 31 heavy (non-hydrogen) atoms. The molecule has 0 aliphatic carbocycles. The van der Waals surface area contributed by atoms with Crippen LogP contribution in [0, 0.1) is 0 Å². The number of carbonyl (C=O) groups excluding carboxylic acids is 1. The Morgan fingerprint density at radius 3 is 2.52 bits per heavy atom. The predicted octanol–water partition coefficient (Wildman–Crippen LogP) is 4.12. The maximum absolute atomic E-state index is 12.3. The predicted molar refractivity (Wildman–Crippen MR) is 120 cm³/mol. The van der Waals surface area contributed by atoms with Crippen LogP contribution in [0.15, 0.2) is 54.6 Å². The van der Waals surface area contributed by atoms with Crippen molar-refractivity contribution >= 4 is 11.8 Å². The summed E-state index contributed by atoms with van der Waals surface area (Å²) in [4.78, 5) is 12.3. The van der Waals surface area contributed by atoms with E-state index in [1.807, 2.05) is 30.3 Å². The van der Waals surface area contributed by atoms with Crippen molar-refractivity contribution in [1.82, 2.24) is 5.32 Å². The first kappa shape index (κ1) is 21.8. The Hall–Kier alpha value is -2.41. The summed E-state index contributed by atoms with van der Waals surface area (Å²) in [5.74, 6) is 0.452. The van der Waals surface area contributed by atoms with Crippen molar-refractivity contribution in [2.75, 3.05) is 25.1 Å². The number of aryl methyl sites for hydroxylation is 1. The van der Waals surface area contributed by atoms with Crippen molar-refractivity contribution in [3.63, 3.8) is 0 Å². The van der Waals surface area contributed by atoms with Crippen molar-refractivity contribution in [2.24, 2.45) is 0 Å². The maximum Gasteiger partial charge on any atom is 0.412 e. The van der Waals surface area contributed by atoms with Crippen LogP contribution in [0.4, 0.5) is 10.5 Å². The number of nitrogens with one attached hydrogen (secondary N) is 2. The van der Waals surface area contributed by atoms with Crippen LogP contribution < -0.4 is 10.6 Å². The zero-order chi connectivity index (χ0) is 21.6. The van der Waals surface area contributed by atoms with Crippen LogP contribution in [-0.2, 0) is 20.6 Å². The van der Waals surface area contributed by atoms with Gasteiger partial charge in [0.2, 0.25) is 0 Å². The molecule has 0 aromatic heterocycles. The lowest BCUT2D eigenvalue weighted by molar-refractivity contribution is 0.00857. The molecule has 0 bridgehead atoms. The number of amides is 1. The van der Waals surface area contributed by atoms with Gasteiger partial charge in [0, 0.05) is 5.69 Å². The summed E-state index contributed by atoms with van der Waals surface area (Å²) < 4.78 is 17.4. The molecule has 2 aromatic carbocycles. The summed E-state index contributed by atoms with van der Waals surface area (Å²) in [5, 5.41) is 6.34. The lowest BCUT2D eigenvalue weighted by Gasteiger charge is -2.18. The van der Waals surface area contributed by atoms with E-state index in [1.165, 1.54) is 11.1 Å². The minimum absolute atomic E-state index is 0.0835. The monoisotopic (exact) mass is 424 g/mol. The van der Waals surface area contributed by atoms with Crippen molar-refractivity contribution in [2.45, 2.75) is 57.0 Å². The molecule has 2 heterocycles. The number of ether oxygens (including phenoxy) is 3. The fraction of sp³-hybridized carbons (Fsp3) is 0.480. The molecule has 0 radical (unpaired) electrons. The van der Waals surface area contributed by atoms with E-state index in [2.05, 4.69) is 48.7 Å². The number of carbonyl (C=O) groups is 1.